The van der Waals surface area contributed by atoms with Gasteiger partial charge in [0.2, 0.25) is 0 Å². The van der Waals surface area contributed by atoms with Gasteiger partial charge >= 0.3 is 0 Å². The number of hydrogen-bond acceptors (Lipinski definition) is 4. The molecule has 0 bridgehead atoms. The van der Waals surface area contributed by atoms with Crippen LogP contribution in [0.4, 0.5) is 0 Å². The molecule has 0 aromatic rings. The molecule has 2 aliphatic rings. The lowest BCUT2D eigenvalue weighted by Gasteiger charge is -2.38. The van der Waals surface area contributed by atoms with E-state index in [4.69, 9.17) is 15.2 Å². The topological polar surface area (TPSA) is 47.7 Å². The highest BCUT2D eigenvalue weighted by atomic mass is 16.7. The molecule has 0 radical (unpaired) electrons. The van der Waals surface area contributed by atoms with Crippen molar-refractivity contribution in [3.63, 3.8) is 0 Å². The first kappa shape index (κ1) is 10.4. The van der Waals surface area contributed by atoms with Crippen molar-refractivity contribution in [2.75, 3.05) is 39.4 Å². The quantitative estimate of drug-likeness (QED) is 0.705. The summed E-state index contributed by atoms with van der Waals surface area (Å²) in [6.45, 7) is 5.44. The zero-order chi connectivity index (χ0) is 9.86. The Hall–Kier alpha value is -0.160. The molecule has 0 amide bonds. The highest BCUT2D eigenvalue weighted by Gasteiger charge is 2.40. The number of rotatable bonds is 3. The largest absolute Gasteiger partial charge is 0.346 e. The maximum atomic E-state index is 5.70. The third kappa shape index (κ3) is 2.25. The first-order chi connectivity index (χ1) is 6.85. The number of piperidine rings is 1. The molecular formula is C10H20N2O2. The summed E-state index contributed by atoms with van der Waals surface area (Å²) < 4.78 is 11.4. The highest BCUT2D eigenvalue weighted by molar-refractivity contribution is 4.83. The van der Waals surface area contributed by atoms with Gasteiger partial charge in [-0.25, -0.2) is 0 Å². The number of nitrogens with two attached hydrogens (primary N) is 1. The van der Waals surface area contributed by atoms with Crippen LogP contribution >= 0.6 is 0 Å². The van der Waals surface area contributed by atoms with Gasteiger partial charge in [0.25, 0.3) is 0 Å². The number of hydrogen-bond donors (Lipinski definition) is 1. The molecule has 0 unspecified atom stereocenters. The molecule has 4 heteroatoms. The van der Waals surface area contributed by atoms with Crippen LogP contribution in [0.3, 0.4) is 0 Å². The molecule has 2 saturated heterocycles. The summed E-state index contributed by atoms with van der Waals surface area (Å²) in [5, 5.41) is 0. The van der Waals surface area contributed by atoms with Crippen molar-refractivity contribution >= 4 is 0 Å². The van der Waals surface area contributed by atoms with E-state index in [-0.39, 0.29) is 5.79 Å². The maximum Gasteiger partial charge on any atom is 0.181 e. The minimum atomic E-state index is -0.271. The smallest absolute Gasteiger partial charge is 0.181 e. The minimum Gasteiger partial charge on any atom is -0.346 e. The molecule has 0 saturated carbocycles. The molecule has 0 aliphatic carbocycles. The van der Waals surface area contributed by atoms with Gasteiger partial charge < -0.3 is 15.2 Å². The molecule has 2 heterocycles. The second-order valence-corrected chi connectivity index (χ2v) is 4.13. The van der Waals surface area contributed by atoms with Crippen LogP contribution in [0, 0.1) is 0 Å². The molecule has 2 fully saturated rings. The van der Waals surface area contributed by atoms with Crippen LogP contribution in [0.15, 0.2) is 0 Å². The van der Waals surface area contributed by atoms with E-state index in [0.717, 1.165) is 52.2 Å². The van der Waals surface area contributed by atoms with Crippen molar-refractivity contribution in [2.45, 2.75) is 25.0 Å². The van der Waals surface area contributed by atoms with Gasteiger partial charge in [0, 0.05) is 6.42 Å². The molecule has 82 valence electrons. The lowest BCUT2D eigenvalue weighted by molar-refractivity contribution is -0.189. The summed E-state index contributed by atoms with van der Waals surface area (Å²) in [6, 6.07) is 0. The van der Waals surface area contributed by atoms with Gasteiger partial charge in [-0.15, -0.1) is 0 Å². The van der Waals surface area contributed by atoms with Gasteiger partial charge in [-0.05, 0) is 32.5 Å². The van der Waals surface area contributed by atoms with Crippen LogP contribution in [0.2, 0.25) is 0 Å². The Bertz CT molecular complexity index is 181. The predicted octanol–water partition coefficient (Wildman–Crippen LogP) is 0.174. The van der Waals surface area contributed by atoms with Gasteiger partial charge in [-0.2, -0.15) is 0 Å². The van der Waals surface area contributed by atoms with E-state index in [1.807, 2.05) is 0 Å². The van der Waals surface area contributed by atoms with Crippen molar-refractivity contribution in [2.24, 2.45) is 5.73 Å². The normalized spacial score (nSPS) is 27.2. The van der Waals surface area contributed by atoms with Crippen LogP contribution in [-0.2, 0) is 9.47 Å². The second kappa shape index (κ2) is 4.57. The van der Waals surface area contributed by atoms with Crippen LogP contribution in [0.25, 0.3) is 0 Å². The average molecular weight is 200 g/mol. The Balaban J connectivity index is 1.83. The van der Waals surface area contributed by atoms with E-state index in [9.17, 15) is 0 Å². The summed E-state index contributed by atoms with van der Waals surface area (Å²) in [6.07, 6.45) is 3.28. The first-order valence-electron chi connectivity index (χ1n) is 5.55. The lowest BCUT2D eigenvalue weighted by atomic mass is 10.0. The average Bonchev–Trinajstić information content (AvgIpc) is 2.63. The second-order valence-electron chi connectivity index (χ2n) is 4.13. The molecule has 2 rings (SSSR count). The minimum absolute atomic E-state index is 0.271. The lowest BCUT2D eigenvalue weighted by Crippen LogP contribution is -2.49. The monoisotopic (exact) mass is 200 g/mol. The molecule has 0 aromatic heterocycles. The van der Waals surface area contributed by atoms with Gasteiger partial charge in [0.1, 0.15) is 0 Å². The zero-order valence-corrected chi connectivity index (χ0v) is 8.71. The van der Waals surface area contributed by atoms with Crippen LogP contribution in [-0.4, -0.2) is 50.1 Å². The molecule has 2 N–H and O–H groups in total. The maximum absolute atomic E-state index is 5.70. The molecule has 4 nitrogen and oxygen atoms in total. The number of nitrogens with zero attached hydrogens (tertiary/aromatic N) is 1. The van der Waals surface area contributed by atoms with E-state index >= 15 is 0 Å². The summed E-state index contributed by atoms with van der Waals surface area (Å²) in [4.78, 5) is 2.40. The van der Waals surface area contributed by atoms with E-state index in [0.29, 0.717) is 0 Å². The molecule has 1 spiro atoms. The molecule has 0 aromatic carbocycles. The highest BCUT2D eigenvalue weighted by Crippen LogP contribution is 2.29. The van der Waals surface area contributed by atoms with E-state index in [1.54, 1.807) is 0 Å². The molecule has 14 heavy (non-hydrogen) atoms. The SMILES string of the molecule is NCCCN1CCCC2(C1)OCCO2. The Morgan fingerprint density at radius 3 is 2.79 bits per heavy atom. The predicted molar refractivity (Wildman–Crippen MR) is 54.0 cm³/mol. The zero-order valence-electron chi connectivity index (χ0n) is 8.71. The van der Waals surface area contributed by atoms with Gasteiger partial charge in [0.15, 0.2) is 5.79 Å². The van der Waals surface area contributed by atoms with E-state index in [2.05, 4.69) is 4.90 Å². The molecular weight excluding hydrogens is 180 g/mol. The molecule has 0 atom stereocenters. The summed E-state index contributed by atoms with van der Waals surface area (Å²) in [5.74, 6) is -0.271. The summed E-state index contributed by atoms with van der Waals surface area (Å²) in [5.41, 5.74) is 5.50. The van der Waals surface area contributed by atoms with Gasteiger partial charge in [0.05, 0.1) is 19.8 Å². The fourth-order valence-corrected chi connectivity index (χ4v) is 2.31. The van der Waals surface area contributed by atoms with E-state index in [1.165, 1.54) is 6.42 Å². The summed E-state index contributed by atoms with van der Waals surface area (Å²) in [7, 11) is 0. The Morgan fingerprint density at radius 2 is 2.07 bits per heavy atom. The van der Waals surface area contributed by atoms with Crippen molar-refractivity contribution in [3.05, 3.63) is 0 Å². The first-order valence-corrected chi connectivity index (χ1v) is 5.55. The number of ether oxygens (including phenoxy) is 2. The van der Waals surface area contributed by atoms with Crippen LogP contribution in [0.1, 0.15) is 19.3 Å². The third-order valence-corrected chi connectivity index (χ3v) is 2.99. The standard InChI is InChI=1S/C10H20N2O2/c11-4-2-6-12-5-1-3-10(9-12)13-7-8-14-10/h1-9,11H2. The van der Waals surface area contributed by atoms with Crippen LogP contribution in [0.5, 0.6) is 0 Å². The van der Waals surface area contributed by atoms with Crippen molar-refractivity contribution in [3.8, 4) is 0 Å². The summed E-state index contributed by atoms with van der Waals surface area (Å²) >= 11 is 0. The third-order valence-electron chi connectivity index (χ3n) is 2.99. The fraction of sp³-hybridized carbons (Fsp3) is 1.00. The molecule has 2 aliphatic heterocycles. The fourth-order valence-electron chi connectivity index (χ4n) is 2.31. The van der Waals surface area contributed by atoms with E-state index < -0.39 is 0 Å². The van der Waals surface area contributed by atoms with Crippen molar-refractivity contribution < 1.29 is 9.47 Å². The van der Waals surface area contributed by atoms with Crippen LogP contribution < -0.4 is 5.73 Å². The van der Waals surface area contributed by atoms with Crippen molar-refractivity contribution in [1.82, 2.24) is 4.90 Å². The Morgan fingerprint density at radius 1 is 1.29 bits per heavy atom. The van der Waals surface area contributed by atoms with Crippen molar-refractivity contribution in [1.29, 1.82) is 0 Å². The Labute approximate surface area is 85.3 Å². The van der Waals surface area contributed by atoms with Gasteiger partial charge in [-0.1, -0.05) is 0 Å². The van der Waals surface area contributed by atoms with Gasteiger partial charge in [-0.3, -0.25) is 4.90 Å². The number of likely N-dealkylation sites (tertiary alicyclic amines) is 1. The Kier molecular flexibility index (Phi) is 3.38.